The number of nitrogens with zero attached hydrogens (tertiary/aromatic N) is 3. The van der Waals surface area contributed by atoms with Gasteiger partial charge in [0.15, 0.2) is 11.5 Å². The lowest BCUT2D eigenvalue weighted by molar-refractivity contribution is -0.384. The number of aliphatic hydroxyl groups is 1. The summed E-state index contributed by atoms with van der Waals surface area (Å²) in [5.74, 6) is -0.868. The highest BCUT2D eigenvalue weighted by Gasteiger charge is 2.36. The number of amides is 4. The molecule has 2 heterocycles. The van der Waals surface area contributed by atoms with Gasteiger partial charge in [0.2, 0.25) is 12.7 Å². The highest BCUT2D eigenvalue weighted by molar-refractivity contribution is 6.34. The number of carbonyl (C=O) groups is 4. The van der Waals surface area contributed by atoms with Crippen molar-refractivity contribution in [3.05, 3.63) is 134 Å². The second-order valence-corrected chi connectivity index (χ2v) is 12.5. The van der Waals surface area contributed by atoms with E-state index in [1.54, 1.807) is 30.3 Å². The fraction of sp³-hybridized carbons (Fsp3) is 0.243. The number of hydrogen-bond acceptors (Lipinski definition) is 9. The predicted octanol–water partition coefficient (Wildman–Crippen LogP) is 4.44. The van der Waals surface area contributed by atoms with Crippen molar-refractivity contribution in [2.24, 2.45) is 0 Å². The first kappa shape index (κ1) is 35.1. The van der Waals surface area contributed by atoms with Gasteiger partial charge in [0.25, 0.3) is 23.4 Å². The Labute approximate surface area is 297 Å². The minimum Gasteiger partial charge on any atom is -0.454 e. The van der Waals surface area contributed by atoms with Crippen molar-refractivity contribution < 1.29 is 38.7 Å². The number of nitro benzene ring substituents is 1. The van der Waals surface area contributed by atoms with Crippen LogP contribution in [0, 0.1) is 10.1 Å². The van der Waals surface area contributed by atoms with Crippen LogP contribution in [0.1, 0.15) is 48.6 Å². The lowest BCUT2D eigenvalue weighted by Gasteiger charge is -2.31. The van der Waals surface area contributed by atoms with Gasteiger partial charge >= 0.3 is 0 Å². The molecule has 2 atom stereocenters. The van der Waals surface area contributed by atoms with Crippen molar-refractivity contribution in [2.45, 2.75) is 31.4 Å². The molecule has 262 valence electrons. The highest BCUT2D eigenvalue weighted by atomic mass is 35.5. The molecule has 13 nitrogen and oxygen atoms in total. The summed E-state index contributed by atoms with van der Waals surface area (Å²) in [5.41, 5.74) is 1.88. The molecule has 0 spiro atoms. The minimum atomic E-state index is -1.30. The SMILES string of the molecule is O=C(N[C@@H](Cc1ccccc1)C(O)CN(CCc1ccc2c(c1)OCO2)C(=O)CCN1C(=O)c2ccccc2C1=O)c1ccc([N+](=O)[O-])cc1Cl. The van der Waals surface area contributed by atoms with Gasteiger partial charge in [-0.15, -0.1) is 0 Å². The quantitative estimate of drug-likeness (QED) is 0.109. The van der Waals surface area contributed by atoms with E-state index in [0.29, 0.717) is 17.9 Å². The molecule has 6 rings (SSSR count). The van der Waals surface area contributed by atoms with E-state index in [1.807, 2.05) is 42.5 Å². The van der Waals surface area contributed by atoms with Gasteiger partial charge in [0, 0.05) is 38.2 Å². The third-order valence-electron chi connectivity index (χ3n) is 8.78. The second kappa shape index (κ2) is 15.4. The van der Waals surface area contributed by atoms with Crippen LogP contribution >= 0.6 is 11.6 Å². The van der Waals surface area contributed by atoms with Crippen molar-refractivity contribution in [1.82, 2.24) is 15.1 Å². The number of nitrogens with one attached hydrogen (secondary N) is 1. The first-order chi connectivity index (χ1) is 24.6. The number of imide groups is 1. The van der Waals surface area contributed by atoms with Gasteiger partial charge in [-0.1, -0.05) is 60.1 Å². The Morgan fingerprint density at radius 3 is 2.29 bits per heavy atom. The molecular formula is C37H33ClN4O9. The van der Waals surface area contributed by atoms with Crippen LogP contribution in [0.2, 0.25) is 5.02 Å². The molecule has 2 aliphatic rings. The van der Waals surface area contributed by atoms with Crippen molar-refractivity contribution in [3.63, 3.8) is 0 Å². The number of nitro groups is 1. The van der Waals surface area contributed by atoms with E-state index in [9.17, 15) is 34.4 Å². The van der Waals surface area contributed by atoms with E-state index in [0.717, 1.165) is 28.2 Å². The molecule has 4 aromatic carbocycles. The predicted molar refractivity (Wildman–Crippen MR) is 185 cm³/mol. The number of halogens is 1. The summed E-state index contributed by atoms with van der Waals surface area (Å²) in [5, 5.41) is 25.6. The molecule has 4 amide bonds. The Morgan fingerprint density at radius 1 is 0.922 bits per heavy atom. The zero-order valence-corrected chi connectivity index (χ0v) is 28.0. The highest BCUT2D eigenvalue weighted by Crippen LogP contribution is 2.33. The second-order valence-electron chi connectivity index (χ2n) is 12.1. The van der Waals surface area contributed by atoms with Crippen molar-refractivity contribution in [1.29, 1.82) is 0 Å². The lowest BCUT2D eigenvalue weighted by Crippen LogP contribution is -2.51. The Morgan fingerprint density at radius 2 is 1.61 bits per heavy atom. The number of rotatable bonds is 14. The summed E-state index contributed by atoms with van der Waals surface area (Å²) in [6.07, 6.45) is -0.952. The molecule has 51 heavy (non-hydrogen) atoms. The van der Waals surface area contributed by atoms with Crippen molar-refractivity contribution in [3.8, 4) is 11.5 Å². The standard InChI is InChI=1S/C37H33ClN4O9/c38-29-20-25(42(48)49)11-12-28(29)35(45)39-30(18-23-6-2-1-3-7-23)31(43)21-40(16-14-24-10-13-32-33(19-24)51-22-50-32)34(44)15-17-41-36(46)26-8-4-5-9-27(26)37(41)47/h1-13,19-20,30-31,43H,14-18,21-22H2,(H,39,45)/t30-,31?/m0/s1. The molecule has 2 N–H and O–H groups in total. The van der Waals surface area contributed by atoms with Crippen LogP contribution in [0.15, 0.2) is 91.0 Å². The molecule has 4 aromatic rings. The molecule has 0 radical (unpaired) electrons. The summed E-state index contributed by atoms with van der Waals surface area (Å²) in [4.78, 5) is 66.3. The maximum Gasteiger partial charge on any atom is 0.270 e. The van der Waals surface area contributed by atoms with E-state index in [2.05, 4.69) is 5.32 Å². The Hall–Kier alpha value is -5.79. The van der Waals surface area contributed by atoms with Crippen LogP contribution in [0.4, 0.5) is 5.69 Å². The Kier molecular flexibility index (Phi) is 10.6. The molecule has 2 aliphatic heterocycles. The first-order valence-electron chi connectivity index (χ1n) is 16.2. The molecule has 0 aliphatic carbocycles. The van der Waals surface area contributed by atoms with Gasteiger partial charge in [0.1, 0.15) is 0 Å². The molecular weight excluding hydrogens is 680 g/mol. The zero-order valence-electron chi connectivity index (χ0n) is 27.2. The number of ether oxygens (including phenoxy) is 2. The maximum absolute atomic E-state index is 13.8. The summed E-state index contributed by atoms with van der Waals surface area (Å²) >= 11 is 6.24. The van der Waals surface area contributed by atoms with Crippen LogP contribution in [0.5, 0.6) is 11.5 Å². The fourth-order valence-electron chi connectivity index (χ4n) is 6.04. The van der Waals surface area contributed by atoms with Crippen LogP contribution in [0.25, 0.3) is 0 Å². The number of non-ortho nitro benzene ring substituents is 1. The largest absolute Gasteiger partial charge is 0.454 e. The third kappa shape index (κ3) is 8.00. The third-order valence-corrected chi connectivity index (χ3v) is 9.10. The van der Waals surface area contributed by atoms with Gasteiger partial charge in [-0.25, -0.2) is 0 Å². The number of aliphatic hydroxyl groups excluding tert-OH is 1. The van der Waals surface area contributed by atoms with Crippen molar-refractivity contribution in [2.75, 3.05) is 26.4 Å². The maximum atomic E-state index is 13.8. The molecule has 0 aromatic heterocycles. The molecule has 0 fully saturated rings. The van der Waals surface area contributed by atoms with E-state index in [-0.39, 0.29) is 66.7 Å². The fourth-order valence-corrected chi connectivity index (χ4v) is 6.30. The van der Waals surface area contributed by atoms with Gasteiger partial charge in [-0.05, 0) is 54.3 Å². The topological polar surface area (TPSA) is 169 Å². The van der Waals surface area contributed by atoms with Crippen molar-refractivity contribution >= 4 is 40.9 Å². The average Bonchev–Trinajstić information content (AvgIpc) is 3.70. The average molecular weight is 713 g/mol. The smallest absolute Gasteiger partial charge is 0.270 e. The van der Waals surface area contributed by atoms with Crippen LogP contribution in [-0.4, -0.2) is 82.0 Å². The van der Waals surface area contributed by atoms with E-state index >= 15 is 0 Å². The molecule has 1 unspecified atom stereocenters. The number of benzene rings is 4. The Bertz CT molecular complexity index is 1960. The lowest BCUT2D eigenvalue weighted by atomic mass is 9.99. The summed E-state index contributed by atoms with van der Waals surface area (Å²) in [6, 6.07) is 23.6. The number of hydrogen-bond donors (Lipinski definition) is 2. The number of fused-ring (bicyclic) bond motifs is 2. The Balaban J connectivity index is 1.21. The van der Waals surface area contributed by atoms with Crippen LogP contribution in [-0.2, 0) is 17.6 Å². The zero-order chi connectivity index (χ0) is 36.1. The first-order valence-corrected chi connectivity index (χ1v) is 16.5. The summed E-state index contributed by atoms with van der Waals surface area (Å²) < 4.78 is 10.9. The van der Waals surface area contributed by atoms with E-state index in [4.69, 9.17) is 21.1 Å². The van der Waals surface area contributed by atoms with Gasteiger partial charge in [-0.2, -0.15) is 0 Å². The molecule has 0 bridgehead atoms. The minimum absolute atomic E-state index is 0.0239. The van der Waals surface area contributed by atoms with Gasteiger partial charge in [-0.3, -0.25) is 34.2 Å². The summed E-state index contributed by atoms with van der Waals surface area (Å²) in [6.45, 7) is -0.118. The van der Waals surface area contributed by atoms with Crippen LogP contribution < -0.4 is 14.8 Å². The van der Waals surface area contributed by atoms with Gasteiger partial charge < -0.3 is 24.8 Å². The van der Waals surface area contributed by atoms with Gasteiger partial charge in [0.05, 0.1) is 38.8 Å². The number of carbonyl (C=O) groups excluding carboxylic acids is 4. The van der Waals surface area contributed by atoms with Crippen LogP contribution in [0.3, 0.4) is 0 Å². The van der Waals surface area contributed by atoms with E-state index < -0.39 is 40.7 Å². The molecule has 0 saturated heterocycles. The molecule has 0 saturated carbocycles. The van der Waals surface area contributed by atoms with E-state index in [1.165, 1.54) is 11.0 Å². The summed E-state index contributed by atoms with van der Waals surface area (Å²) in [7, 11) is 0. The normalized spacial score (nSPS) is 14.2. The monoisotopic (exact) mass is 712 g/mol. The molecule has 14 heteroatoms.